The van der Waals surface area contributed by atoms with Gasteiger partial charge in [-0.1, -0.05) is 6.92 Å². The molecule has 1 N–H and O–H groups in total. The zero-order valence-electron chi connectivity index (χ0n) is 13.1. The lowest BCUT2D eigenvalue weighted by Crippen LogP contribution is -2.39. The lowest BCUT2D eigenvalue weighted by Gasteiger charge is -2.32. The van der Waals surface area contributed by atoms with Gasteiger partial charge in [0, 0.05) is 24.8 Å². The highest BCUT2D eigenvalue weighted by Gasteiger charge is 2.18. The predicted molar refractivity (Wildman–Crippen MR) is 85.6 cm³/mol. The van der Waals surface area contributed by atoms with Crippen LogP contribution in [0.2, 0.25) is 0 Å². The van der Waals surface area contributed by atoms with Gasteiger partial charge in [-0.15, -0.1) is 0 Å². The number of hydrogen-bond donors (Lipinski definition) is 1. The molecule has 2 rings (SSSR count). The first kappa shape index (κ1) is 15.2. The number of benzene rings is 1. The Hall–Kier alpha value is -1.22. The van der Waals surface area contributed by atoms with E-state index in [1.807, 2.05) is 0 Å². The molecule has 0 bridgehead atoms. The van der Waals surface area contributed by atoms with Crippen LogP contribution in [0, 0.1) is 0 Å². The Kier molecular flexibility index (Phi) is 5.72. The second kappa shape index (κ2) is 7.53. The van der Waals surface area contributed by atoms with E-state index in [0.717, 1.165) is 5.75 Å². The van der Waals surface area contributed by atoms with Gasteiger partial charge in [-0.3, -0.25) is 0 Å². The quantitative estimate of drug-likeness (QED) is 0.856. The Morgan fingerprint density at radius 1 is 1.20 bits per heavy atom. The van der Waals surface area contributed by atoms with Crippen LogP contribution in [0.5, 0.6) is 5.75 Å². The molecule has 0 atom stereocenters. The number of rotatable bonds is 6. The van der Waals surface area contributed by atoms with Crippen molar-refractivity contribution in [1.29, 1.82) is 0 Å². The fourth-order valence-electron chi connectivity index (χ4n) is 2.75. The summed E-state index contributed by atoms with van der Waals surface area (Å²) in [5.74, 6) is 0.948. The van der Waals surface area contributed by atoms with Gasteiger partial charge in [-0.05, 0) is 63.9 Å². The average Bonchev–Trinajstić information content (AvgIpc) is 2.43. The summed E-state index contributed by atoms with van der Waals surface area (Å²) in [5, 5.41) is 3.64. The number of nitrogens with zero attached hydrogens (tertiary/aromatic N) is 1. The van der Waals surface area contributed by atoms with E-state index in [9.17, 15) is 0 Å². The van der Waals surface area contributed by atoms with Crippen molar-refractivity contribution >= 4 is 5.69 Å². The van der Waals surface area contributed by atoms with Gasteiger partial charge in [0.1, 0.15) is 5.75 Å². The normalized spacial score (nSPS) is 17.4. The first-order chi connectivity index (χ1) is 9.67. The first-order valence-corrected chi connectivity index (χ1v) is 7.93. The van der Waals surface area contributed by atoms with Crippen molar-refractivity contribution in [2.24, 2.45) is 0 Å². The van der Waals surface area contributed by atoms with Gasteiger partial charge in [-0.25, -0.2) is 0 Å². The number of nitrogens with one attached hydrogen (secondary N) is 1. The van der Waals surface area contributed by atoms with Crippen molar-refractivity contribution in [3.8, 4) is 5.75 Å². The van der Waals surface area contributed by atoms with E-state index in [4.69, 9.17) is 4.74 Å². The number of ether oxygens (including phenoxy) is 1. The first-order valence-electron chi connectivity index (χ1n) is 7.93. The van der Waals surface area contributed by atoms with E-state index in [0.29, 0.717) is 6.04 Å². The van der Waals surface area contributed by atoms with Crippen LogP contribution >= 0.6 is 0 Å². The fourth-order valence-corrected chi connectivity index (χ4v) is 2.75. The zero-order valence-corrected chi connectivity index (χ0v) is 13.1. The summed E-state index contributed by atoms with van der Waals surface area (Å²) >= 11 is 0. The van der Waals surface area contributed by atoms with Crippen molar-refractivity contribution in [1.82, 2.24) is 4.90 Å². The average molecular weight is 276 g/mol. The number of hydrogen-bond acceptors (Lipinski definition) is 3. The standard InChI is InChI=1S/C17H28N2O/c1-4-11-19-12-9-16(10-13-19)18-15-5-7-17(8-6-15)20-14(2)3/h5-8,14,16,18H,4,9-13H2,1-3H3. The molecule has 20 heavy (non-hydrogen) atoms. The van der Waals surface area contributed by atoms with Crippen LogP contribution in [0.1, 0.15) is 40.0 Å². The van der Waals surface area contributed by atoms with Crippen molar-refractivity contribution < 1.29 is 4.74 Å². The number of piperidine rings is 1. The molecule has 1 heterocycles. The van der Waals surface area contributed by atoms with E-state index in [-0.39, 0.29) is 6.10 Å². The highest BCUT2D eigenvalue weighted by Crippen LogP contribution is 2.20. The molecule has 0 saturated carbocycles. The zero-order chi connectivity index (χ0) is 14.4. The van der Waals surface area contributed by atoms with Crippen molar-refractivity contribution in [3.05, 3.63) is 24.3 Å². The molecule has 112 valence electrons. The van der Waals surface area contributed by atoms with Crippen LogP contribution in [-0.4, -0.2) is 36.7 Å². The molecule has 0 unspecified atom stereocenters. The van der Waals surface area contributed by atoms with Crippen LogP contribution < -0.4 is 10.1 Å². The molecule has 0 amide bonds. The maximum Gasteiger partial charge on any atom is 0.119 e. The van der Waals surface area contributed by atoms with Gasteiger partial charge in [0.25, 0.3) is 0 Å². The van der Waals surface area contributed by atoms with Crippen LogP contribution in [0.25, 0.3) is 0 Å². The molecule has 1 aromatic rings. The van der Waals surface area contributed by atoms with Crippen molar-refractivity contribution in [3.63, 3.8) is 0 Å². The highest BCUT2D eigenvalue weighted by molar-refractivity contribution is 5.47. The molecular formula is C17H28N2O. The van der Waals surface area contributed by atoms with Crippen LogP contribution in [0.3, 0.4) is 0 Å². The van der Waals surface area contributed by atoms with E-state index in [1.54, 1.807) is 0 Å². The highest BCUT2D eigenvalue weighted by atomic mass is 16.5. The van der Waals surface area contributed by atoms with Crippen molar-refractivity contribution in [2.45, 2.75) is 52.2 Å². The van der Waals surface area contributed by atoms with E-state index < -0.39 is 0 Å². The summed E-state index contributed by atoms with van der Waals surface area (Å²) in [6.07, 6.45) is 3.97. The summed E-state index contributed by atoms with van der Waals surface area (Å²) in [5.41, 5.74) is 1.20. The SMILES string of the molecule is CCCN1CCC(Nc2ccc(OC(C)C)cc2)CC1. The van der Waals surface area contributed by atoms with Crippen LogP contribution in [0.4, 0.5) is 5.69 Å². The maximum atomic E-state index is 5.67. The van der Waals surface area contributed by atoms with E-state index in [1.165, 1.54) is 44.6 Å². The smallest absolute Gasteiger partial charge is 0.119 e. The second-order valence-corrected chi connectivity index (χ2v) is 5.95. The molecule has 0 radical (unpaired) electrons. The van der Waals surface area contributed by atoms with E-state index >= 15 is 0 Å². The Bertz CT molecular complexity index is 380. The number of likely N-dealkylation sites (tertiary alicyclic amines) is 1. The lowest BCUT2D eigenvalue weighted by molar-refractivity contribution is 0.219. The van der Waals surface area contributed by atoms with Gasteiger partial charge in [-0.2, -0.15) is 0 Å². The third-order valence-electron chi connectivity index (χ3n) is 3.72. The summed E-state index contributed by atoms with van der Waals surface area (Å²) in [7, 11) is 0. The third-order valence-corrected chi connectivity index (χ3v) is 3.72. The topological polar surface area (TPSA) is 24.5 Å². The molecule has 0 spiro atoms. The summed E-state index contributed by atoms with van der Waals surface area (Å²) in [4.78, 5) is 2.57. The summed E-state index contributed by atoms with van der Waals surface area (Å²) in [6, 6.07) is 8.95. The van der Waals surface area contributed by atoms with Crippen LogP contribution in [-0.2, 0) is 0 Å². The minimum absolute atomic E-state index is 0.233. The van der Waals surface area contributed by atoms with Gasteiger partial charge in [0.2, 0.25) is 0 Å². The predicted octanol–water partition coefficient (Wildman–Crippen LogP) is 3.76. The monoisotopic (exact) mass is 276 g/mol. The molecule has 0 aromatic heterocycles. The summed E-state index contributed by atoms with van der Waals surface area (Å²) < 4.78 is 5.67. The second-order valence-electron chi connectivity index (χ2n) is 5.95. The minimum Gasteiger partial charge on any atom is -0.491 e. The Balaban J connectivity index is 1.79. The molecule has 1 saturated heterocycles. The summed E-state index contributed by atoms with van der Waals surface area (Å²) in [6.45, 7) is 10.0. The fraction of sp³-hybridized carbons (Fsp3) is 0.647. The maximum absolute atomic E-state index is 5.67. The van der Waals surface area contributed by atoms with E-state index in [2.05, 4.69) is 55.3 Å². The molecule has 3 nitrogen and oxygen atoms in total. The molecular weight excluding hydrogens is 248 g/mol. The molecule has 1 aliphatic heterocycles. The Morgan fingerprint density at radius 3 is 2.40 bits per heavy atom. The molecule has 1 aliphatic rings. The van der Waals surface area contributed by atoms with Gasteiger partial charge in [0.15, 0.2) is 0 Å². The third kappa shape index (κ3) is 4.71. The van der Waals surface area contributed by atoms with Crippen molar-refractivity contribution in [2.75, 3.05) is 25.0 Å². The molecule has 1 fully saturated rings. The number of anilines is 1. The van der Waals surface area contributed by atoms with Gasteiger partial charge in [0.05, 0.1) is 6.10 Å². The Morgan fingerprint density at radius 2 is 1.85 bits per heavy atom. The molecule has 1 aromatic carbocycles. The lowest BCUT2D eigenvalue weighted by atomic mass is 10.0. The van der Waals surface area contributed by atoms with Gasteiger partial charge < -0.3 is 15.0 Å². The molecule has 0 aliphatic carbocycles. The Labute approximate surface area is 123 Å². The minimum atomic E-state index is 0.233. The van der Waals surface area contributed by atoms with Gasteiger partial charge >= 0.3 is 0 Å². The molecule has 3 heteroatoms. The van der Waals surface area contributed by atoms with Crippen LogP contribution in [0.15, 0.2) is 24.3 Å². The largest absolute Gasteiger partial charge is 0.491 e.